The fourth-order valence-corrected chi connectivity index (χ4v) is 7.36. The lowest BCUT2D eigenvalue weighted by Crippen LogP contribution is -2.48. The van der Waals surface area contributed by atoms with E-state index in [1.54, 1.807) is 78.7 Å². The molecule has 3 amide bonds. The van der Waals surface area contributed by atoms with Gasteiger partial charge >= 0.3 is 6.03 Å². The number of carbonyl (C=O) groups is 2. The van der Waals surface area contributed by atoms with Crippen LogP contribution < -0.4 is 19.5 Å². The van der Waals surface area contributed by atoms with Crippen LogP contribution in [0.5, 0.6) is 11.5 Å². The Labute approximate surface area is 287 Å². The van der Waals surface area contributed by atoms with Gasteiger partial charge in [0.05, 0.1) is 37.5 Å². The van der Waals surface area contributed by atoms with Gasteiger partial charge in [0.15, 0.2) is 0 Å². The summed E-state index contributed by atoms with van der Waals surface area (Å²) in [5.41, 5.74) is 1.00. The van der Waals surface area contributed by atoms with Crippen LogP contribution >= 0.6 is 11.3 Å². The molecule has 14 heteroatoms. The number of hydrogen-bond acceptors (Lipinski definition) is 9. The van der Waals surface area contributed by atoms with Gasteiger partial charge in [0.25, 0.3) is 15.9 Å². The molecule has 0 spiro atoms. The summed E-state index contributed by atoms with van der Waals surface area (Å²) < 4.78 is 46.5. The average molecular weight is 703 g/mol. The fraction of sp³-hybridized carbons (Fsp3) is 0.471. The van der Waals surface area contributed by atoms with Gasteiger partial charge < -0.3 is 34.4 Å². The van der Waals surface area contributed by atoms with E-state index >= 15 is 0 Å². The molecular formula is C34H46N4O8S2. The van der Waals surface area contributed by atoms with Crippen LogP contribution in [0.1, 0.15) is 50.4 Å². The molecule has 1 aromatic heterocycles. The first-order valence-electron chi connectivity index (χ1n) is 16.0. The maximum Gasteiger partial charge on any atom is 0.321 e. The molecule has 48 heavy (non-hydrogen) atoms. The van der Waals surface area contributed by atoms with Crippen molar-refractivity contribution in [1.29, 1.82) is 0 Å². The van der Waals surface area contributed by atoms with E-state index < -0.39 is 28.1 Å². The van der Waals surface area contributed by atoms with E-state index in [0.29, 0.717) is 30.2 Å². The molecule has 4 rings (SSSR count). The number of rotatable bonds is 9. The Kier molecular flexibility index (Phi) is 13.1. The molecule has 3 aromatic rings. The molecule has 1 aliphatic heterocycles. The largest absolute Gasteiger partial charge is 0.497 e. The fourth-order valence-electron chi connectivity index (χ4n) is 5.32. The topological polar surface area (TPSA) is 147 Å². The lowest BCUT2D eigenvalue weighted by Gasteiger charge is -2.35. The number of hydrogen-bond donors (Lipinski definition) is 3. The van der Waals surface area contributed by atoms with E-state index in [1.807, 2.05) is 13.8 Å². The van der Waals surface area contributed by atoms with E-state index in [0.717, 1.165) is 24.2 Å². The minimum absolute atomic E-state index is 0.150. The van der Waals surface area contributed by atoms with Crippen LogP contribution in [-0.4, -0.2) is 94.0 Å². The number of benzene rings is 2. The maximum absolute atomic E-state index is 14.3. The van der Waals surface area contributed by atoms with Crippen molar-refractivity contribution >= 4 is 44.7 Å². The van der Waals surface area contributed by atoms with Crippen molar-refractivity contribution in [1.82, 2.24) is 9.80 Å². The van der Waals surface area contributed by atoms with Crippen molar-refractivity contribution in [2.75, 3.05) is 50.5 Å². The molecule has 4 atom stereocenters. The van der Waals surface area contributed by atoms with Crippen molar-refractivity contribution in [3.05, 3.63) is 65.5 Å². The number of carbonyl (C=O) groups excluding carboxylic acids is 2. The standard InChI is InChI=1S/C34H46N4O8S2/c1-23-20-38(24(2)22-39)33(40)29-19-27(36-48(42,43)32-10-8-18-47-32)13-16-30(29)46-25(3)9-6-7-17-45-31(23)21-37(4)34(41)35-26-11-14-28(44-5)15-12-26/h8,10-16,18-19,23-25,31,36,39H,6-7,9,17,20-22H2,1-5H3,(H,35,41)/t23-,24+,25-,31+/m0/s1. The van der Waals surface area contributed by atoms with Crippen LogP contribution in [0, 0.1) is 5.92 Å². The number of amides is 3. The third kappa shape index (κ3) is 9.84. The number of nitrogens with zero attached hydrogens (tertiary/aromatic N) is 2. The molecule has 2 aromatic carbocycles. The number of aliphatic hydroxyl groups excluding tert-OH is 1. The Morgan fingerprint density at radius 2 is 1.88 bits per heavy atom. The molecule has 262 valence electrons. The summed E-state index contributed by atoms with van der Waals surface area (Å²) >= 11 is 1.09. The number of methoxy groups -OCH3 is 1. The summed E-state index contributed by atoms with van der Waals surface area (Å²) in [6.07, 6.45) is 1.61. The molecule has 0 unspecified atom stereocenters. The predicted molar refractivity (Wildman–Crippen MR) is 187 cm³/mol. The summed E-state index contributed by atoms with van der Waals surface area (Å²) in [4.78, 5) is 30.6. The molecule has 12 nitrogen and oxygen atoms in total. The van der Waals surface area contributed by atoms with E-state index in [4.69, 9.17) is 14.2 Å². The Morgan fingerprint density at radius 1 is 1.15 bits per heavy atom. The zero-order valence-corrected chi connectivity index (χ0v) is 29.7. The number of likely N-dealkylation sites (N-methyl/N-ethyl adjacent to an activating group) is 1. The molecule has 2 heterocycles. The van der Waals surface area contributed by atoms with Crippen molar-refractivity contribution in [3.63, 3.8) is 0 Å². The highest BCUT2D eigenvalue weighted by atomic mass is 32.2. The third-order valence-corrected chi connectivity index (χ3v) is 11.0. The summed E-state index contributed by atoms with van der Waals surface area (Å²) in [7, 11) is -0.599. The number of sulfonamides is 1. The molecule has 3 N–H and O–H groups in total. The van der Waals surface area contributed by atoms with Crippen LogP contribution in [-0.2, 0) is 14.8 Å². The van der Waals surface area contributed by atoms with Crippen LogP contribution in [0.15, 0.2) is 64.2 Å². The molecule has 0 radical (unpaired) electrons. The minimum Gasteiger partial charge on any atom is -0.497 e. The molecular weight excluding hydrogens is 657 g/mol. The van der Waals surface area contributed by atoms with Gasteiger partial charge in [-0.25, -0.2) is 13.2 Å². The summed E-state index contributed by atoms with van der Waals surface area (Å²) in [5.74, 6) is 0.322. The first-order valence-corrected chi connectivity index (χ1v) is 18.3. The lowest BCUT2D eigenvalue weighted by atomic mass is 10.0. The Balaban J connectivity index is 1.60. The zero-order valence-electron chi connectivity index (χ0n) is 28.0. The summed E-state index contributed by atoms with van der Waals surface area (Å²) in [6.45, 7) is 6.22. The third-order valence-electron chi connectivity index (χ3n) is 8.21. The monoisotopic (exact) mass is 702 g/mol. The van der Waals surface area contributed by atoms with E-state index in [1.165, 1.54) is 12.1 Å². The average Bonchev–Trinajstić information content (AvgIpc) is 3.63. The van der Waals surface area contributed by atoms with E-state index in [-0.39, 0.29) is 53.2 Å². The van der Waals surface area contributed by atoms with Crippen molar-refractivity contribution in [2.45, 2.75) is 62.5 Å². The predicted octanol–water partition coefficient (Wildman–Crippen LogP) is 5.52. The second-order valence-corrected chi connectivity index (χ2v) is 14.9. The Hall–Kier alpha value is -3.85. The number of urea groups is 1. The molecule has 0 aliphatic carbocycles. The van der Waals surface area contributed by atoms with Gasteiger partial charge in [-0.15, -0.1) is 11.3 Å². The van der Waals surface area contributed by atoms with E-state index in [2.05, 4.69) is 10.0 Å². The molecule has 0 saturated carbocycles. The number of aliphatic hydroxyl groups is 1. The first kappa shape index (κ1) is 37.0. The second kappa shape index (κ2) is 17.0. The van der Waals surface area contributed by atoms with Crippen LogP contribution in [0.3, 0.4) is 0 Å². The van der Waals surface area contributed by atoms with Gasteiger partial charge in [-0.05, 0) is 87.0 Å². The highest BCUT2D eigenvalue weighted by Crippen LogP contribution is 2.30. The van der Waals surface area contributed by atoms with Gasteiger partial charge in [-0.2, -0.15) is 0 Å². The number of anilines is 2. The van der Waals surface area contributed by atoms with E-state index in [9.17, 15) is 23.1 Å². The Bertz CT molecular complexity index is 1600. The number of ether oxygens (including phenoxy) is 3. The van der Waals surface area contributed by atoms with Crippen LogP contribution in [0.25, 0.3) is 0 Å². The zero-order chi connectivity index (χ0) is 34.8. The van der Waals surface area contributed by atoms with Gasteiger partial charge in [0.2, 0.25) is 0 Å². The van der Waals surface area contributed by atoms with Gasteiger partial charge in [0, 0.05) is 44.0 Å². The highest BCUT2D eigenvalue weighted by Gasteiger charge is 2.31. The van der Waals surface area contributed by atoms with Gasteiger partial charge in [-0.3, -0.25) is 9.52 Å². The summed E-state index contributed by atoms with van der Waals surface area (Å²) in [6, 6.07) is 14.0. The van der Waals surface area contributed by atoms with Crippen molar-refractivity contribution < 1.29 is 37.3 Å². The van der Waals surface area contributed by atoms with Gasteiger partial charge in [-0.1, -0.05) is 13.0 Å². The first-order chi connectivity index (χ1) is 22.9. The van der Waals surface area contributed by atoms with Gasteiger partial charge in [0.1, 0.15) is 15.7 Å². The molecule has 1 aliphatic rings. The highest BCUT2D eigenvalue weighted by molar-refractivity contribution is 7.94. The number of fused-ring (bicyclic) bond motifs is 1. The lowest BCUT2D eigenvalue weighted by molar-refractivity contribution is -0.0115. The molecule has 0 fully saturated rings. The normalized spacial score (nSPS) is 20.1. The SMILES string of the molecule is COc1ccc(NC(=O)N(C)C[C@H]2OCCCC[C@H](C)Oc3ccc(NS(=O)(=O)c4cccs4)cc3C(=O)N([C@H](C)CO)C[C@@H]2C)cc1. The van der Waals surface area contributed by atoms with Crippen molar-refractivity contribution in [3.8, 4) is 11.5 Å². The minimum atomic E-state index is -3.86. The maximum atomic E-state index is 14.3. The van der Waals surface area contributed by atoms with Crippen molar-refractivity contribution in [2.24, 2.45) is 5.92 Å². The smallest absolute Gasteiger partial charge is 0.321 e. The molecule has 0 saturated heterocycles. The summed E-state index contributed by atoms with van der Waals surface area (Å²) in [5, 5.41) is 14.8. The second-order valence-electron chi connectivity index (χ2n) is 12.1. The quantitative estimate of drug-likeness (QED) is 0.264. The Morgan fingerprint density at radius 3 is 2.54 bits per heavy atom. The number of nitrogens with one attached hydrogen (secondary N) is 2. The van der Waals surface area contributed by atoms with Crippen LogP contribution in [0.4, 0.5) is 16.2 Å². The number of thiophene rings is 1. The molecule has 0 bridgehead atoms. The van der Waals surface area contributed by atoms with Crippen LogP contribution in [0.2, 0.25) is 0 Å².